The Kier molecular flexibility index (Phi) is 9.49. The van der Waals surface area contributed by atoms with Crippen molar-refractivity contribution in [2.24, 2.45) is 5.41 Å². The third-order valence-electron chi connectivity index (χ3n) is 3.88. The molecule has 0 radical (unpaired) electrons. The van der Waals surface area contributed by atoms with Gasteiger partial charge in [0.2, 0.25) is 0 Å². The highest BCUT2D eigenvalue weighted by Crippen LogP contribution is 2.35. The highest BCUT2D eigenvalue weighted by atomic mass is 79.9. The van der Waals surface area contributed by atoms with Crippen molar-refractivity contribution >= 4 is 33.7 Å². The molecule has 0 aromatic carbocycles. The van der Waals surface area contributed by atoms with Crippen LogP contribution in [0.25, 0.3) is 0 Å². The largest absolute Gasteiger partial charge is 0.505 e. The number of ketones is 1. The van der Waals surface area contributed by atoms with E-state index in [9.17, 15) is 14.4 Å². The van der Waals surface area contributed by atoms with Gasteiger partial charge < -0.3 is 14.2 Å². The maximum absolute atomic E-state index is 13.5. The molecule has 0 saturated carbocycles. The fraction of sp³-hybridized carbons (Fsp3) is 0.524. The Morgan fingerprint density at radius 3 is 2.45 bits per heavy atom. The molecule has 29 heavy (non-hydrogen) atoms. The topological polar surface area (TPSA) is 91.8 Å². The highest BCUT2D eigenvalue weighted by molar-refractivity contribution is 9.10. The number of hydrogen-bond acceptors (Lipinski definition) is 7. The molecule has 0 saturated heterocycles. The van der Waals surface area contributed by atoms with Crippen molar-refractivity contribution in [3.8, 4) is 0 Å². The summed E-state index contributed by atoms with van der Waals surface area (Å²) in [7, 11) is 1.42. The monoisotopic (exact) mass is 469 g/mol. The number of carbonyl (C=O) groups excluding carboxylic acids is 3. The summed E-state index contributed by atoms with van der Waals surface area (Å²) in [4.78, 5) is 42.4. The van der Waals surface area contributed by atoms with Crippen molar-refractivity contribution < 1.29 is 28.6 Å². The van der Waals surface area contributed by atoms with E-state index in [-0.39, 0.29) is 31.4 Å². The van der Waals surface area contributed by atoms with E-state index >= 15 is 0 Å². The van der Waals surface area contributed by atoms with Crippen LogP contribution in [0.1, 0.15) is 57.3 Å². The molecule has 1 rings (SSSR count). The summed E-state index contributed by atoms with van der Waals surface area (Å²) in [5, 5.41) is 0. The summed E-state index contributed by atoms with van der Waals surface area (Å²) in [6, 6.07) is 1.58. The molecule has 160 valence electrons. The van der Waals surface area contributed by atoms with Crippen molar-refractivity contribution in [3.05, 3.63) is 40.8 Å². The smallest absolute Gasteiger partial charge is 0.324 e. The van der Waals surface area contributed by atoms with Gasteiger partial charge in [0.05, 0.1) is 20.0 Å². The molecule has 1 heterocycles. The van der Waals surface area contributed by atoms with E-state index < -0.39 is 28.7 Å². The molecule has 1 aromatic rings. The van der Waals surface area contributed by atoms with Crippen LogP contribution in [-0.4, -0.2) is 42.0 Å². The third-order valence-corrected chi connectivity index (χ3v) is 4.32. The lowest BCUT2D eigenvalue weighted by Crippen LogP contribution is -2.42. The van der Waals surface area contributed by atoms with Gasteiger partial charge in [-0.15, -0.1) is 0 Å². The lowest BCUT2D eigenvalue weighted by atomic mass is 9.76. The molecule has 7 nitrogen and oxygen atoms in total. The molecule has 1 atom stereocenters. The zero-order valence-corrected chi connectivity index (χ0v) is 19.1. The number of esters is 2. The number of rotatable bonds is 10. The van der Waals surface area contributed by atoms with Crippen LogP contribution in [0.15, 0.2) is 35.3 Å². The molecule has 0 spiro atoms. The lowest BCUT2D eigenvalue weighted by Gasteiger charge is -2.31. The minimum atomic E-state index is -1.67. The van der Waals surface area contributed by atoms with Gasteiger partial charge in [-0.05, 0) is 68.6 Å². The molecule has 0 fully saturated rings. The van der Waals surface area contributed by atoms with Crippen LogP contribution in [0.4, 0.5) is 0 Å². The van der Waals surface area contributed by atoms with Gasteiger partial charge in [-0.1, -0.05) is 0 Å². The van der Waals surface area contributed by atoms with E-state index in [1.807, 2.05) is 0 Å². The zero-order chi connectivity index (χ0) is 22.1. The molecular formula is C21H28BrNO6. The standard InChI is InChI=1S/C21H28BrNO6/c1-6-28-17(24)8-7-9-21(10-11-27-5,19(26)29-20(2,3)4)18(25)15-12-16(22)14-23-13-15/h10-14H,6-9H2,1-5H3. The molecular weight excluding hydrogens is 442 g/mol. The summed E-state index contributed by atoms with van der Waals surface area (Å²) >= 11 is 3.29. The molecule has 1 aromatic heterocycles. The quantitative estimate of drug-likeness (QED) is 0.219. The fourth-order valence-electron chi connectivity index (χ4n) is 2.63. The maximum Gasteiger partial charge on any atom is 0.324 e. The van der Waals surface area contributed by atoms with Crippen LogP contribution in [-0.2, 0) is 23.8 Å². The summed E-state index contributed by atoms with van der Waals surface area (Å²) in [5.74, 6) is -1.59. The van der Waals surface area contributed by atoms with Crippen LogP contribution in [0, 0.1) is 5.41 Å². The molecule has 0 aliphatic carbocycles. The number of ether oxygens (including phenoxy) is 3. The first-order chi connectivity index (χ1) is 13.6. The van der Waals surface area contributed by atoms with Crippen molar-refractivity contribution in [3.63, 3.8) is 0 Å². The van der Waals surface area contributed by atoms with Crippen LogP contribution in [0.3, 0.4) is 0 Å². The summed E-state index contributed by atoms with van der Waals surface area (Å²) in [5.41, 5.74) is -2.24. The van der Waals surface area contributed by atoms with E-state index in [1.54, 1.807) is 33.8 Å². The Bertz CT molecular complexity index is 756. The Balaban J connectivity index is 3.35. The number of hydrogen-bond donors (Lipinski definition) is 0. The lowest BCUT2D eigenvalue weighted by molar-refractivity contribution is -0.162. The second kappa shape index (κ2) is 11.1. The number of methoxy groups -OCH3 is 1. The SMILES string of the molecule is CCOC(=O)CCCC(C=COC)(C(=O)OC(C)(C)C)C(=O)c1cncc(Br)c1. The van der Waals surface area contributed by atoms with Crippen molar-refractivity contribution in [2.75, 3.05) is 13.7 Å². The number of nitrogens with zero attached hydrogens (tertiary/aromatic N) is 1. The number of carbonyl (C=O) groups is 3. The number of Topliss-reactive ketones (excluding diaryl/α,β-unsaturated/α-hetero) is 1. The Labute approximate surface area is 179 Å². The molecule has 1 unspecified atom stereocenters. The first-order valence-corrected chi connectivity index (χ1v) is 10.1. The van der Waals surface area contributed by atoms with E-state index in [0.29, 0.717) is 4.47 Å². The second-order valence-corrected chi connectivity index (χ2v) is 8.31. The predicted octanol–water partition coefficient (Wildman–Crippen LogP) is 4.25. The molecule has 0 amide bonds. The number of pyridine rings is 1. The first kappa shape index (κ1) is 24.8. The van der Waals surface area contributed by atoms with Crippen molar-refractivity contribution in [2.45, 2.75) is 52.6 Å². The zero-order valence-electron chi connectivity index (χ0n) is 17.5. The first-order valence-electron chi connectivity index (χ1n) is 9.30. The van der Waals surface area contributed by atoms with E-state index in [1.165, 1.54) is 31.8 Å². The van der Waals surface area contributed by atoms with Gasteiger partial charge in [0.1, 0.15) is 5.60 Å². The normalized spacial score (nSPS) is 13.6. The fourth-order valence-corrected chi connectivity index (χ4v) is 2.99. The molecule has 0 aliphatic heterocycles. The van der Waals surface area contributed by atoms with Crippen LogP contribution in [0.5, 0.6) is 0 Å². The number of aromatic nitrogens is 1. The number of halogens is 1. The average Bonchev–Trinajstić information content (AvgIpc) is 2.62. The molecule has 0 bridgehead atoms. The van der Waals surface area contributed by atoms with Gasteiger partial charge in [0.15, 0.2) is 11.2 Å². The molecule has 8 heteroatoms. The maximum atomic E-state index is 13.5. The van der Waals surface area contributed by atoms with Crippen LogP contribution >= 0.6 is 15.9 Å². The van der Waals surface area contributed by atoms with Crippen molar-refractivity contribution in [1.29, 1.82) is 0 Å². The van der Waals surface area contributed by atoms with Gasteiger partial charge in [0, 0.05) is 28.9 Å². The molecule has 0 aliphatic rings. The Hall–Kier alpha value is -2.22. The van der Waals surface area contributed by atoms with Gasteiger partial charge in [-0.25, -0.2) is 0 Å². The Morgan fingerprint density at radius 2 is 1.90 bits per heavy atom. The second-order valence-electron chi connectivity index (χ2n) is 7.39. The van der Waals surface area contributed by atoms with E-state index in [0.717, 1.165) is 0 Å². The van der Waals surface area contributed by atoms with E-state index in [2.05, 4.69) is 20.9 Å². The van der Waals surface area contributed by atoms with Crippen LogP contribution < -0.4 is 0 Å². The Morgan fingerprint density at radius 1 is 1.21 bits per heavy atom. The van der Waals surface area contributed by atoms with E-state index in [4.69, 9.17) is 14.2 Å². The third kappa shape index (κ3) is 7.61. The predicted molar refractivity (Wildman–Crippen MR) is 111 cm³/mol. The minimum absolute atomic E-state index is 0.0476. The minimum Gasteiger partial charge on any atom is -0.505 e. The highest BCUT2D eigenvalue weighted by Gasteiger charge is 2.46. The summed E-state index contributed by atoms with van der Waals surface area (Å²) in [6.45, 7) is 7.15. The summed E-state index contributed by atoms with van der Waals surface area (Å²) < 4.78 is 16.1. The van der Waals surface area contributed by atoms with Gasteiger partial charge in [0.25, 0.3) is 0 Å². The molecule has 0 N–H and O–H groups in total. The van der Waals surface area contributed by atoms with Gasteiger partial charge >= 0.3 is 11.9 Å². The van der Waals surface area contributed by atoms with Crippen molar-refractivity contribution in [1.82, 2.24) is 4.98 Å². The van der Waals surface area contributed by atoms with Gasteiger partial charge in [-0.2, -0.15) is 0 Å². The van der Waals surface area contributed by atoms with Crippen LogP contribution in [0.2, 0.25) is 0 Å². The summed E-state index contributed by atoms with van der Waals surface area (Å²) in [6.07, 6.45) is 5.96. The average molecular weight is 470 g/mol. The van der Waals surface area contributed by atoms with Gasteiger partial charge in [-0.3, -0.25) is 19.4 Å².